The van der Waals surface area contributed by atoms with Gasteiger partial charge in [0.15, 0.2) is 12.4 Å². The number of carbonyl (C=O) groups excluding carboxylic acids is 1. The molecule has 1 saturated heterocycles. The van der Waals surface area contributed by atoms with Gasteiger partial charge in [-0.15, -0.1) is 0 Å². The van der Waals surface area contributed by atoms with Crippen molar-refractivity contribution in [1.82, 2.24) is 15.0 Å². The Bertz CT molecular complexity index is 1030. The maximum atomic E-state index is 13.2. The van der Waals surface area contributed by atoms with Gasteiger partial charge in [0, 0.05) is 19.0 Å². The summed E-state index contributed by atoms with van der Waals surface area (Å²) in [5.74, 6) is 1.45. The maximum Gasteiger partial charge on any atom is 0.264 e. The third-order valence-electron chi connectivity index (χ3n) is 5.99. The molecule has 2 aromatic carbocycles. The van der Waals surface area contributed by atoms with Gasteiger partial charge in [-0.05, 0) is 49.1 Å². The number of hydrogen-bond acceptors (Lipinski definition) is 5. The van der Waals surface area contributed by atoms with Crippen molar-refractivity contribution in [2.75, 3.05) is 13.1 Å². The van der Waals surface area contributed by atoms with Gasteiger partial charge in [-0.2, -0.15) is 4.98 Å². The largest absolute Gasteiger partial charge is 0.484 e. The van der Waals surface area contributed by atoms with Crippen LogP contribution >= 0.6 is 0 Å². The second-order valence-corrected chi connectivity index (χ2v) is 7.97. The van der Waals surface area contributed by atoms with Crippen LogP contribution in [0.1, 0.15) is 42.5 Å². The van der Waals surface area contributed by atoms with Crippen molar-refractivity contribution in [3.05, 3.63) is 77.7 Å². The van der Waals surface area contributed by atoms with E-state index < -0.39 is 0 Å². The van der Waals surface area contributed by atoms with Gasteiger partial charge >= 0.3 is 0 Å². The van der Waals surface area contributed by atoms with Gasteiger partial charge in [0.25, 0.3) is 5.89 Å². The average molecular weight is 407 g/mol. The molecule has 1 aliphatic heterocycles. The molecule has 5 rings (SSSR count). The zero-order valence-electron chi connectivity index (χ0n) is 16.5. The topological polar surface area (TPSA) is 68.5 Å². The fourth-order valence-corrected chi connectivity index (χ4v) is 4.13. The number of nitrogens with zero attached hydrogens (tertiary/aromatic N) is 3. The number of amides is 1. The molecule has 3 aromatic rings. The minimum absolute atomic E-state index is 0.0591. The molecule has 1 unspecified atom stereocenters. The van der Waals surface area contributed by atoms with Crippen molar-refractivity contribution in [3.8, 4) is 5.75 Å². The van der Waals surface area contributed by atoms with Gasteiger partial charge in [0.1, 0.15) is 11.6 Å². The van der Waals surface area contributed by atoms with Crippen molar-refractivity contribution >= 4 is 5.91 Å². The second kappa shape index (κ2) is 7.55. The van der Waals surface area contributed by atoms with Crippen molar-refractivity contribution in [2.24, 2.45) is 0 Å². The van der Waals surface area contributed by atoms with Crippen LogP contribution in [0.3, 0.4) is 0 Å². The van der Waals surface area contributed by atoms with E-state index in [0.717, 1.165) is 24.8 Å². The molecule has 2 heterocycles. The lowest BCUT2D eigenvalue weighted by atomic mass is 9.94. The molecule has 1 aliphatic carbocycles. The van der Waals surface area contributed by atoms with Crippen LogP contribution in [-0.2, 0) is 16.8 Å². The van der Waals surface area contributed by atoms with E-state index in [1.807, 2.05) is 35.2 Å². The van der Waals surface area contributed by atoms with Gasteiger partial charge in [0.2, 0.25) is 5.91 Å². The Kier molecular flexibility index (Phi) is 4.73. The SMILES string of the molecule is O=C(N1CCC(c2noc(COc3ccc(F)cc3)n2)C1)C1(c2ccccc2)CC1. The molecule has 1 aromatic heterocycles. The number of hydrogen-bond donors (Lipinski definition) is 0. The number of aromatic nitrogens is 2. The molecule has 1 amide bonds. The summed E-state index contributed by atoms with van der Waals surface area (Å²) in [5, 5.41) is 4.09. The minimum Gasteiger partial charge on any atom is -0.484 e. The lowest BCUT2D eigenvalue weighted by molar-refractivity contribution is -0.132. The Morgan fingerprint density at radius 2 is 1.93 bits per heavy atom. The molecule has 30 heavy (non-hydrogen) atoms. The van der Waals surface area contributed by atoms with E-state index in [1.165, 1.54) is 12.1 Å². The predicted octanol–water partition coefficient (Wildman–Crippen LogP) is 3.84. The van der Waals surface area contributed by atoms with E-state index in [4.69, 9.17) is 9.26 Å². The van der Waals surface area contributed by atoms with Crippen LogP contribution in [0.4, 0.5) is 4.39 Å². The Hall–Kier alpha value is -3.22. The Morgan fingerprint density at radius 1 is 1.17 bits per heavy atom. The number of ether oxygens (including phenoxy) is 1. The first-order valence-electron chi connectivity index (χ1n) is 10.2. The highest BCUT2D eigenvalue weighted by molar-refractivity contribution is 5.91. The third kappa shape index (κ3) is 3.56. The molecule has 1 atom stereocenters. The van der Waals surface area contributed by atoms with E-state index in [1.54, 1.807) is 12.1 Å². The summed E-state index contributed by atoms with van der Waals surface area (Å²) in [7, 11) is 0. The summed E-state index contributed by atoms with van der Waals surface area (Å²) in [5.41, 5.74) is 0.764. The monoisotopic (exact) mass is 407 g/mol. The Balaban J connectivity index is 1.20. The minimum atomic E-state index is -0.346. The van der Waals surface area contributed by atoms with Crippen molar-refractivity contribution < 1.29 is 18.4 Å². The summed E-state index contributed by atoms with van der Waals surface area (Å²) in [4.78, 5) is 19.6. The van der Waals surface area contributed by atoms with Crippen LogP contribution in [0.5, 0.6) is 5.75 Å². The average Bonchev–Trinajstić information content (AvgIpc) is 3.20. The summed E-state index contributed by atoms with van der Waals surface area (Å²) in [6, 6.07) is 15.8. The molecule has 0 radical (unpaired) electrons. The van der Waals surface area contributed by atoms with E-state index >= 15 is 0 Å². The van der Waals surface area contributed by atoms with E-state index in [0.29, 0.717) is 30.6 Å². The van der Waals surface area contributed by atoms with Gasteiger partial charge in [-0.1, -0.05) is 35.5 Å². The van der Waals surface area contributed by atoms with Crippen molar-refractivity contribution in [3.63, 3.8) is 0 Å². The first kappa shape index (κ1) is 18.8. The molecular weight excluding hydrogens is 385 g/mol. The van der Waals surface area contributed by atoms with E-state index in [9.17, 15) is 9.18 Å². The molecule has 2 aliphatic rings. The summed E-state index contributed by atoms with van der Waals surface area (Å²) in [6.45, 7) is 1.42. The van der Waals surface area contributed by atoms with Crippen LogP contribution in [0.15, 0.2) is 59.1 Å². The van der Waals surface area contributed by atoms with Crippen molar-refractivity contribution in [1.29, 1.82) is 0 Å². The number of halogens is 1. The first-order chi connectivity index (χ1) is 14.6. The van der Waals surface area contributed by atoms with Crippen LogP contribution in [-0.4, -0.2) is 34.0 Å². The normalized spacial score (nSPS) is 19.6. The molecule has 0 spiro atoms. The zero-order valence-corrected chi connectivity index (χ0v) is 16.5. The quantitative estimate of drug-likeness (QED) is 0.621. The third-order valence-corrected chi connectivity index (χ3v) is 5.99. The summed E-state index contributed by atoms with van der Waals surface area (Å²) < 4.78 is 23.8. The first-order valence-corrected chi connectivity index (χ1v) is 10.2. The fourth-order valence-electron chi connectivity index (χ4n) is 4.13. The van der Waals surface area contributed by atoms with Crippen LogP contribution in [0.25, 0.3) is 0 Å². The molecular formula is C23H22FN3O3. The molecule has 1 saturated carbocycles. The number of rotatable bonds is 6. The van der Waals surface area contributed by atoms with Gasteiger partial charge in [0.05, 0.1) is 5.41 Å². The number of likely N-dealkylation sites (tertiary alicyclic amines) is 1. The van der Waals surface area contributed by atoms with Crippen LogP contribution in [0, 0.1) is 5.82 Å². The lowest BCUT2D eigenvalue weighted by Crippen LogP contribution is -2.37. The lowest BCUT2D eigenvalue weighted by Gasteiger charge is -2.23. The van der Waals surface area contributed by atoms with Crippen LogP contribution in [0.2, 0.25) is 0 Å². The summed E-state index contributed by atoms with van der Waals surface area (Å²) in [6.07, 6.45) is 2.63. The summed E-state index contributed by atoms with van der Waals surface area (Å²) >= 11 is 0. The standard InChI is InChI=1S/C23H22FN3O3/c24-18-6-8-19(9-7-18)29-15-20-25-21(26-30-20)16-10-13-27(14-16)22(28)23(11-12-23)17-4-2-1-3-5-17/h1-9,16H,10-15H2. The second-order valence-electron chi connectivity index (χ2n) is 7.97. The van der Waals surface area contributed by atoms with Gasteiger partial charge in [-0.3, -0.25) is 4.79 Å². The number of benzene rings is 2. The molecule has 154 valence electrons. The highest BCUT2D eigenvalue weighted by Crippen LogP contribution is 2.50. The van der Waals surface area contributed by atoms with E-state index in [2.05, 4.69) is 10.1 Å². The Morgan fingerprint density at radius 3 is 2.67 bits per heavy atom. The highest BCUT2D eigenvalue weighted by atomic mass is 19.1. The molecule has 6 nitrogen and oxygen atoms in total. The fraction of sp³-hybridized carbons (Fsp3) is 0.348. The zero-order chi connectivity index (χ0) is 20.6. The number of carbonyl (C=O) groups is 1. The van der Waals surface area contributed by atoms with Gasteiger partial charge < -0.3 is 14.2 Å². The van der Waals surface area contributed by atoms with Crippen molar-refractivity contribution in [2.45, 2.75) is 37.2 Å². The molecule has 2 fully saturated rings. The van der Waals surface area contributed by atoms with Crippen LogP contribution < -0.4 is 4.74 Å². The van der Waals surface area contributed by atoms with E-state index in [-0.39, 0.29) is 29.7 Å². The molecule has 7 heteroatoms. The van der Waals surface area contributed by atoms with Gasteiger partial charge in [-0.25, -0.2) is 4.39 Å². The molecule has 0 N–H and O–H groups in total. The maximum absolute atomic E-state index is 13.2. The molecule has 0 bridgehead atoms. The smallest absolute Gasteiger partial charge is 0.264 e. The highest BCUT2D eigenvalue weighted by Gasteiger charge is 2.53. The predicted molar refractivity (Wildman–Crippen MR) is 106 cm³/mol. The Labute approximate surface area is 173 Å².